The van der Waals surface area contributed by atoms with Crippen molar-refractivity contribution in [3.05, 3.63) is 219 Å². The van der Waals surface area contributed by atoms with Crippen LogP contribution in [0.1, 0.15) is 141 Å². The van der Waals surface area contributed by atoms with E-state index in [0.29, 0.717) is 0 Å². The van der Waals surface area contributed by atoms with Crippen molar-refractivity contribution in [2.45, 2.75) is 107 Å². The number of nitrogens with zero attached hydrogens (tertiary/aromatic N) is 1. The topological polar surface area (TPSA) is 76.8 Å². The molecule has 0 unspecified atom stereocenters. The number of carbonyl (C=O) groups is 1. The Labute approximate surface area is 448 Å². The van der Waals surface area contributed by atoms with Crippen molar-refractivity contribution < 1.29 is 4.79 Å². The third kappa shape index (κ3) is 9.29. The number of fused-ring (bicyclic) bond motifs is 8. The molecule has 0 saturated carbocycles. The van der Waals surface area contributed by atoms with Crippen LogP contribution >= 0.6 is 31.9 Å². The molecule has 0 amide bonds. The maximum atomic E-state index is 10.8. The van der Waals surface area contributed by atoms with E-state index in [1.54, 1.807) is 0 Å². The van der Waals surface area contributed by atoms with Crippen LogP contribution in [0.2, 0.25) is 0 Å². The molecule has 4 heterocycles. The maximum absolute atomic E-state index is 10.8. The first-order valence-corrected chi connectivity index (χ1v) is 27.8. The molecule has 2 aliphatic carbocycles. The summed E-state index contributed by atoms with van der Waals surface area (Å²) in [5.74, 6) is 0. The number of halogens is 2. The molecule has 7 heteroatoms. The summed E-state index contributed by atoms with van der Waals surface area (Å²) in [6.45, 7) is 17.7. The van der Waals surface area contributed by atoms with Crippen molar-refractivity contribution in [1.29, 1.82) is 0 Å². The highest BCUT2D eigenvalue weighted by Crippen LogP contribution is 2.43. The van der Waals surface area contributed by atoms with Gasteiger partial charge >= 0.3 is 0 Å². The second-order valence-corrected chi connectivity index (χ2v) is 21.4. The Balaban J connectivity index is 0.000000140. The third-order valence-electron chi connectivity index (χ3n) is 15.5. The quantitative estimate of drug-likeness (QED) is 0.117. The first kappa shape index (κ1) is 50.0. The monoisotopic (exact) mass is 1090 g/mol. The fraction of sp³-hybridized carbons (Fsp3) is 0.242. The van der Waals surface area contributed by atoms with E-state index in [4.69, 9.17) is 4.99 Å². The normalized spacial score (nSPS) is 13.2. The van der Waals surface area contributed by atoms with E-state index in [9.17, 15) is 4.79 Å². The molecule has 3 N–H and O–H groups in total. The van der Waals surface area contributed by atoms with Gasteiger partial charge in [-0.1, -0.05) is 158 Å². The average molecular weight is 1090 g/mol. The smallest absolute Gasteiger partial charge is 0.166 e. The fourth-order valence-corrected chi connectivity index (χ4v) is 12.2. The molecule has 0 atom stereocenters. The molecule has 73 heavy (non-hydrogen) atoms. The van der Waals surface area contributed by atoms with Crippen molar-refractivity contribution in [1.82, 2.24) is 15.0 Å². The SMILES string of the molecule is CCc1cc(CC)c(-c2[nH]cc3ccc(Br)cc23)c(CC)c1.CCc1cc(CC)c(C2=NC(=Cc3[nH]c4c(c3C)Cc3ccccc3-4)c3ccc(Br)cc32)c(CC)c1.Cc1c(C=O)[nH]c2c1Cc1ccccc1-2. The van der Waals surface area contributed by atoms with Gasteiger partial charge in [0.25, 0.3) is 0 Å². The molecule has 12 rings (SSSR count). The zero-order valence-corrected chi connectivity index (χ0v) is 46.6. The lowest BCUT2D eigenvalue weighted by Gasteiger charge is -2.16. The molecule has 0 bridgehead atoms. The van der Waals surface area contributed by atoms with Crippen molar-refractivity contribution in [3.63, 3.8) is 0 Å². The van der Waals surface area contributed by atoms with Gasteiger partial charge in [-0.25, -0.2) is 4.99 Å². The van der Waals surface area contributed by atoms with Crippen molar-refractivity contribution in [3.8, 4) is 33.8 Å². The van der Waals surface area contributed by atoms with E-state index >= 15 is 0 Å². The van der Waals surface area contributed by atoms with E-state index < -0.39 is 0 Å². The Morgan fingerprint density at radius 1 is 0.534 bits per heavy atom. The highest BCUT2D eigenvalue weighted by molar-refractivity contribution is 9.10. The van der Waals surface area contributed by atoms with Gasteiger partial charge in [-0.2, -0.15) is 0 Å². The van der Waals surface area contributed by atoms with Crippen LogP contribution in [-0.2, 0) is 51.4 Å². The van der Waals surface area contributed by atoms with Gasteiger partial charge in [-0.3, -0.25) is 4.79 Å². The summed E-state index contributed by atoms with van der Waals surface area (Å²) in [5, 5.41) is 2.56. The van der Waals surface area contributed by atoms with Gasteiger partial charge in [-0.05, 0) is 155 Å². The molecular weight excluding hydrogens is 1020 g/mol. The number of benzene rings is 6. The Hall–Kier alpha value is -6.54. The number of hydrogen-bond donors (Lipinski definition) is 3. The van der Waals surface area contributed by atoms with Crippen LogP contribution in [0.4, 0.5) is 0 Å². The van der Waals surface area contributed by atoms with Gasteiger partial charge in [0.2, 0.25) is 0 Å². The summed E-state index contributed by atoms with van der Waals surface area (Å²) >= 11 is 7.33. The van der Waals surface area contributed by atoms with E-state index in [2.05, 4.69) is 211 Å². The minimum Gasteiger partial charge on any atom is -0.360 e. The number of hydrogen-bond acceptors (Lipinski definition) is 2. The molecule has 0 radical (unpaired) electrons. The Kier molecular flexibility index (Phi) is 14.5. The van der Waals surface area contributed by atoms with Crippen LogP contribution in [-0.4, -0.2) is 26.9 Å². The summed E-state index contributed by atoms with van der Waals surface area (Å²) in [4.78, 5) is 26.6. The zero-order valence-electron chi connectivity index (χ0n) is 43.4. The first-order valence-electron chi connectivity index (χ1n) is 26.2. The number of aryl methyl sites for hydroxylation is 6. The number of aromatic nitrogens is 3. The highest BCUT2D eigenvalue weighted by atomic mass is 79.9. The van der Waals surface area contributed by atoms with Gasteiger partial charge in [0.05, 0.1) is 28.5 Å². The lowest BCUT2D eigenvalue weighted by Crippen LogP contribution is -2.10. The largest absolute Gasteiger partial charge is 0.360 e. The molecular formula is C66H64Br2N4O. The van der Waals surface area contributed by atoms with E-state index in [1.807, 2.05) is 13.0 Å². The summed E-state index contributed by atoms with van der Waals surface area (Å²) in [6.07, 6.45) is 13.5. The third-order valence-corrected chi connectivity index (χ3v) is 16.5. The number of aliphatic imine (C=N–C) groups is 1. The van der Waals surface area contributed by atoms with Gasteiger partial charge in [-0.15, -0.1) is 0 Å². The number of H-pyrrole nitrogens is 3. The lowest BCUT2D eigenvalue weighted by atomic mass is 9.88. The van der Waals surface area contributed by atoms with Gasteiger partial charge < -0.3 is 15.0 Å². The van der Waals surface area contributed by atoms with Crippen LogP contribution < -0.4 is 0 Å². The molecule has 0 fully saturated rings. The number of aldehydes is 1. The first-order chi connectivity index (χ1) is 35.5. The van der Waals surface area contributed by atoms with Crippen LogP contribution in [0.15, 0.2) is 129 Å². The second kappa shape index (κ2) is 21.1. The van der Waals surface area contributed by atoms with E-state index in [1.165, 1.54) is 117 Å². The summed E-state index contributed by atoms with van der Waals surface area (Å²) in [6, 6.07) is 39.6. The minimum atomic E-state index is 0.717. The number of carbonyl (C=O) groups excluding carboxylic acids is 1. The molecule has 3 aliphatic rings. The molecule has 5 nitrogen and oxygen atoms in total. The lowest BCUT2D eigenvalue weighted by molar-refractivity contribution is 0.111. The number of aromatic amines is 3. The van der Waals surface area contributed by atoms with Gasteiger partial charge in [0.1, 0.15) is 0 Å². The average Bonchev–Trinajstić information content (AvgIpc) is 4.28. The van der Waals surface area contributed by atoms with Gasteiger partial charge in [0, 0.05) is 78.1 Å². The summed E-state index contributed by atoms with van der Waals surface area (Å²) in [7, 11) is 0. The highest BCUT2D eigenvalue weighted by Gasteiger charge is 2.29. The molecule has 9 aromatic rings. The minimum absolute atomic E-state index is 0.717. The van der Waals surface area contributed by atoms with Crippen molar-refractivity contribution >= 4 is 66.4 Å². The predicted molar refractivity (Wildman–Crippen MR) is 315 cm³/mol. The van der Waals surface area contributed by atoms with Crippen LogP contribution in [0, 0.1) is 13.8 Å². The number of rotatable bonds is 10. The molecule has 6 aromatic carbocycles. The fourth-order valence-electron chi connectivity index (χ4n) is 11.4. The molecule has 1 aliphatic heterocycles. The summed E-state index contributed by atoms with van der Waals surface area (Å²) < 4.78 is 2.21. The zero-order chi connectivity index (χ0) is 51.1. The van der Waals surface area contributed by atoms with Crippen molar-refractivity contribution in [2.24, 2.45) is 4.99 Å². The van der Waals surface area contributed by atoms with E-state index in [0.717, 1.165) is 101 Å². The molecule has 0 spiro atoms. The van der Waals surface area contributed by atoms with Gasteiger partial charge in [0.15, 0.2) is 6.29 Å². The predicted octanol–water partition coefficient (Wildman–Crippen LogP) is 17.7. The maximum Gasteiger partial charge on any atom is 0.166 e. The second-order valence-electron chi connectivity index (χ2n) is 19.6. The van der Waals surface area contributed by atoms with Crippen molar-refractivity contribution in [2.75, 3.05) is 0 Å². The Bertz CT molecular complexity index is 3620. The Morgan fingerprint density at radius 2 is 1.04 bits per heavy atom. The Morgan fingerprint density at radius 3 is 1.59 bits per heavy atom. The molecule has 3 aromatic heterocycles. The number of nitrogens with one attached hydrogen (secondary N) is 3. The summed E-state index contributed by atoms with van der Waals surface area (Å²) in [5.41, 5.74) is 31.8. The van der Waals surface area contributed by atoms with Crippen LogP contribution in [0.5, 0.6) is 0 Å². The van der Waals surface area contributed by atoms with Crippen LogP contribution in [0.3, 0.4) is 0 Å². The van der Waals surface area contributed by atoms with E-state index in [-0.39, 0.29) is 0 Å². The standard InChI is InChI=1S/C33H31BrN2.C20H22BrN.C13H11NO/c1-5-20-14-21(6-2)31(22(7-3)15-20)33-28-17-24(34)12-13-26(28)30(36-33)18-29-19(4)27-16-23-10-8-9-11-25(23)32(27)35-29;1-4-13-9-14(5-2)19(15(6-3)10-13)20-18-11-17(21)8-7-16(18)12-22-20;1-8-11-6-9-4-2-3-5-10(9)13(11)14-12(8)7-15/h8-15,17-18,35H,5-7,16H2,1-4H3;7-12,22H,4-6H2,1-3H3;2-5,7,14H,6H2,1H3. The van der Waals surface area contributed by atoms with Crippen LogP contribution in [0.25, 0.3) is 56.3 Å². The molecule has 368 valence electrons. The molecule has 0 saturated heterocycles.